The van der Waals surface area contributed by atoms with Crippen molar-refractivity contribution in [2.24, 2.45) is 0 Å². The fourth-order valence-corrected chi connectivity index (χ4v) is 2.52. The summed E-state index contributed by atoms with van der Waals surface area (Å²) < 4.78 is 2.15. The van der Waals surface area contributed by atoms with Gasteiger partial charge in [0, 0.05) is 11.9 Å². The molecule has 3 aromatic rings. The lowest BCUT2D eigenvalue weighted by atomic mass is 10.2. The van der Waals surface area contributed by atoms with Crippen molar-refractivity contribution in [1.29, 1.82) is 0 Å². The van der Waals surface area contributed by atoms with Gasteiger partial charge in [-0.15, -0.1) is 0 Å². The van der Waals surface area contributed by atoms with Crippen molar-refractivity contribution in [3.63, 3.8) is 0 Å². The molecule has 0 saturated heterocycles. The summed E-state index contributed by atoms with van der Waals surface area (Å²) in [4.78, 5) is 13.2. The summed E-state index contributed by atoms with van der Waals surface area (Å²) in [7, 11) is 0. The average molecular weight is 267 g/mol. The van der Waals surface area contributed by atoms with Crippen LogP contribution < -0.4 is 5.73 Å². The van der Waals surface area contributed by atoms with Crippen LogP contribution in [-0.4, -0.2) is 19.5 Å². The van der Waals surface area contributed by atoms with Crippen LogP contribution in [0.5, 0.6) is 0 Å². The highest BCUT2D eigenvalue weighted by atomic mass is 15.1. The highest BCUT2D eigenvalue weighted by molar-refractivity contribution is 5.91. The number of nitrogens with zero attached hydrogens (tertiary/aromatic N) is 4. The molecule has 0 aliphatic rings. The number of rotatable bonds is 2. The van der Waals surface area contributed by atoms with Gasteiger partial charge in [0.1, 0.15) is 17.3 Å². The van der Waals surface area contributed by atoms with Gasteiger partial charge in [0.05, 0.1) is 17.6 Å². The largest absolute Gasteiger partial charge is 0.383 e. The first-order chi connectivity index (χ1) is 9.58. The minimum Gasteiger partial charge on any atom is -0.383 e. The van der Waals surface area contributed by atoms with Crippen LogP contribution in [0.2, 0.25) is 0 Å². The van der Waals surface area contributed by atoms with Crippen LogP contribution in [0, 0.1) is 20.8 Å². The standard InChI is InChI=1S/C15H17N5/c1-9-10(2)20(8-12-6-4-5-7-17-12)15-13(9)14(16)18-11(3)19-15/h4-7H,8H2,1-3H3,(H2,16,18,19). The van der Waals surface area contributed by atoms with Gasteiger partial charge >= 0.3 is 0 Å². The molecule has 0 aromatic carbocycles. The second kappa shape index (κ2) is 4.59. The third-order valence-electron chi connectivity index (χ3n) is 3.65. The molecule has 3 heterocycles. The number of hydrogen-bond acceptors (Lipinski definition) is 4. The Labute approximate surface area is 117 Å². The number of pyridine rings is 1. The van der Waals surface area contributed by atoms with Crippen molar-refractivity contribution in [3.8, 4) is 0 Å². The highest BCUT2D eigenvalue weighted by Crippen LogP contribution is 2.28. The summed E-state index contributed by atoms with van der Waals surface area (Å²) in [5, 5.41) is 0.948. The molecule has 2 N–H and O–H groups in total. The Hall–Kier alpha value is -2.43. The molecule has 5 heteroatoms. The number of aryl methyl sites for hydroxylation is 2. The lowest BCUT2D eigenvalue weighted by molar-refractivity contribution is 0.766. The van der Waals surface area contributed by atoms with Crippen LogP contribution in [-0.2, 0) is 6.54 Å². The maximum atomic E-state index is 6.05. The molecule has 0 unspecified atom stereocenters. The minimum atomic E-state index is 0.549. The van der Waals surface area contributed by atoms with Gasteiger partial charge < -0.3 is 10.3 Å². The number of nitrogen functional groups attached to an aromatic ring is 1. The van der Waals surface area contributed by atoms with Gasteiger partial charge in [0.15, 0.2) is 0 Å². The number of anilines is 1. The average Bonchev–Trinajstić information content (AvgIpc) is 2.65. The molecule has 3 rings (SSSR count). The van der Waals surface area contributed by atoms with Crippen molar-refractivity contribution < 1.29 is 0 Å². The van der Waals surface area contributed by atoms with Crippen molar-refractivity contribution in [2.75, 3.05) is 5.73 Å². The molecule has 0 amide bonds. The minimum absolute atomic E-state index is 0.549. The van der Waals surface area contributed by atoms with E-state index in [9.17, 15) is 0 Å². The topological polar surface area (TPSA) is 69.6 Å². The third-order valence-corrected chi connectivity index (χ3v) is 3.65. The zero-order chi connectivity index (χ0) is 14.3. The van der Waals surface area contributed by atoms with E-state index < -0.39 is 0 Å². The van der Waals surface area contributed by atoms with Crippen LogP contribution in [0.25, 0.3) is 11.0 Å². The van der Waals surface area contributed by atoms with Crippen molar-refractivity contribution in [3.05, 3.63) is 47.2 Å². The smallest absolute Gasteiger partial charge is 0.146 e. The van der Waals surface area contributed by atoms with E-state index in [4.69, 9.17) is 5.73 Å². The van der Waals surface area contributed by atoms with E-state index in [1.165, 1.54) is 0 Å². The van der Waals surface area contributed by atoms with Gasteiger partial charge in [-0.25, -0.2) is 9.97 Å². The zero-order valence-corrected chi connectivity index (χ0v) is 11.9. The van der Waals surface area contributed by atoms with E-state index in [1.807, 2.05) is 25.1 Å². The van der Waals surface area contributed by atoms with Gasteiger partial charge in [0.25, 0.3) is 0 Å². The Morgan fingerprint density at radius 3 is 2.65 bits per heavy atom. The van der Waals surface area contributed by atoms with Crippen LogP contribution in [0.1, 0.15) is 22.8 Å². The molecule has 0 fully saturated rings. The molecule has 102 valence electrons. The SMILES string of the molecule is Cc1nc(N)c2c(C)c(C)n(Cc3ccccn3)c2n1. The summed E-state index contributed by atoms with van der Waals surface area (Å²) in [6, 6.07) is 5.92. The van der Waals surface area contributed by atoms with E-state index in [2.05, 4.69) is 33.4 Å². The lowest BCUT2D eigenvalue weighted by Crippen LogP contribution is -2.05. The Bertz CT molecular complexity index is 774. The molecule has 0 aliphatic carbocycles. The fourth-order valence-electron chi connectivity index (χ4n) is 2.52. The summed E-state index contributed by atoms with van der Waals surface area (Å²) in [5.74, 6) is 1.24. The normalized spacial score (nSPS) is 11.2. The molecule has 0 saturated carbocycles. The van der Waals surface area contributed by atoms with E-state index in [0.29, 0.717) is 18.2 Å². The van der Waals surface area contributed by atoms with E-state index in [1.54, 1.807) is 6.20 Å². The third kappa shape index (κ3) is 1.91. The number of fused-ring (bicyclic) bond motifs is 1. The molecule has 3 aromatic heterocycles. The van der Waals surface area contributed by atoms with Crippen LogP contribution in [0.15, 0.2) is 24.4 Å². The maximum Gasteiger partial charge on any atom is 0.146 e. The molecule has 0 bridgehead atoms. The quantitative estimate of drug-likeness (QED) is 0.774. The monoisotopic (exact) mass is 267 g/mol. The Morgan fingerprint density at radius 2 is 1.95 bits per heavy atom. The zero-order valence-electron chi connectivity index (χ0n) is 11.9. The first-order valence-corrected chi connectivity index (χ1v) is 6.57. The highest BCUT2D eigenvalue weighted by Gasteiger charge is 2.16. The molecule has 0 atom stereocenters. The summed E-state index contributed by atoms with van der Waals surface area (Å²) in [6.07, 6.45) is 1.80. The predicted molar refractivity (Wildman–Crippen MR) is 79.5 cm³/mol. The number of aromatic nitrogens is 4. The van der Waals surface area contributed by atoms with Crippen molar-refractivity contribution >= 4 is 16.9 Å². The van der Waals surface area contributed by atoms with Gasteiger partial charge in [-0.2, -0.15) is 0 Å². The predicted octanol–water partition coefficient (Wildman–Crippen LogP) is 2.38. The molecular formula is C15H17N5. The van der Waals surface area contributed by atoms with Gasteiger partial charge in [-0.1, -0.05) is 6.07 Å². The maximum absolute atomic E-state index is 6.05. The van der Waals surface area contributed by atoms with E-state index in [0.717, 1.165) is 28.0 Å². The van der Waals surface area contributed by atoms with Crippen molar-refractivity contribution in [2.45, 2.75) is 27.3 Å². The molecule has 0 radical (unpaired) electrons. The van der Waals surface area contributed by atoms with Gasteiger partial charge in [-0.3, -0.25) is 4.98 Å². The Morgan fingerprint density at radius 1 is 1.15 bits per heavy atom. The second-order valence-electron chi connectivity index (χ2n) is 4.97. The lowest BCUT2D eigenvalue weighted by Gasteiger charge is -2.07. The van der Waals surface area contributed by atoms with Gasteiger partial charge in [-0.05, 0) is 38.5 Å². The molecule has 5 nitrogen and oxygen atoms in total. The second-order valence-corrected chi connectivity index (χ2v) is 4.97. The Balaban J connectivity index is 2.23. The van der Waals surface area contributed by atoms with E-state index >= 15 is 0 Å². The summed E-state index contributed by atoms with van der Waals surface area (Å²) in [6.45, 7) is 6.68. The van der Waals surface area contributed by atoms with Crippen molar-refractivity contribution in [1.82, 2.24) is 19.5 Å². The van der Waals surface area contributed by atoms with Crippen LogP contribution in [0.4, 0.5) is 5.82 Å². The fraction of sp³-hybridized carbons (Fsp3) is 0.267. The Kier molecular flexibility index (Phi) is 2.89. The first-order valence-electron chi connectivity index (χ1n) is 6.57. The van der Waals surface area contributed by atoms with Crippen LogP contribution in [0.3, 0.4) is 0 Å². The van der Waals surface area contributed by atoms with Crippen LogP contribution >= 0.6 is 0 Å². The number of nitrogens with two attached hydrogens (primary N) is 1. The molecule has 0 aliphatic heterocycles. The molecule has 20 heavy (non-hydrogen) atoms. The van der Waals surface area contributed by atoms with Gasteiger partial charge in [0.2, 0.25) is 0 Å². The number of hydrogen-bond donors (Lipinski definition) is 1. The summed E-state index contributed by atoms with van der Waals surface area (Å²) >= 11 is 0. The molecular weight excluding hydrogens is 250 g/mol. The molecule has 0 spiro atoms. The summed E-state index contributed by atoms with van der Waals surface area (Å²) in [5.41, 5.74) is 10.2. The first kappa shape index (κ1) is 12.6. The van der Waals surface area contributed by atoms with E-state index in [-0.39, 0.29) is 0 Å².